The summed E-state index contributed by atoms with van der Waals surface area (Å²) in [7, 11) is 0. The second-order valence-corrected chi connectivity index (χ2v) is 6.16. The van der Waals surface area contributed by atoms with Crippen LogP contribution in [0.5, 0.6) is 0 Å². The number of aryl methyl sites for hydroxylation is 1. The third kappa shape index (κ3) is 3.15. The molecule has 0 saturated heterocycles. The lowest BCUT2D eigenvalue weighted by atomic mass is 9.75. The SMILES string of the molecule is Cc1cc(N)ccc1NC1CCC(C)(C)CC1. The highest BCUT2D eigenvalue weighted by atomic mass is 14.9. The first-order valence-electron chi connectivity index (χ1n) is 6.59. The van der Waals surface area contributed by atoms with E-state index in [4.69, 9.17) is 5.73 Å². The molecule has 0 unspecified atom stereocenters. The van der Waals surface area contributed by atoms with Crippen LogP contribution in [0.15, 0.2) is 18.2 Å². The predicted molar refractivity (Wildman–Crippen MR) is 75.3 cm³/mol. The van der Waals surface area contributed by atoms with Gasteiger partial charge < -0.3 is 11.1 Å². The van der Waals surface area contributed by atoms with E-state index in [1.54, 1.807) is 0 Å². The van der Waals surface area contributed by atoms with Crippen LogP contribution in [0.1, 0.15) is 45.1 Å². The number of benzene rings is 1. The van der Waals surface area contributed by atoms with Crippen LogP contribution >= 0.6 is 0 Å². The second kappa shape index (κ2) is 4.59. The maximum absolute atomic E-state index is 5.77. The molecular weight excluding hydrogens is 208 g/mol. The van der Waals surface area contributed by atoms with Crippen LogP contribution in [-0.4, -0.2) is 6.04 Å². The summed E-state index contributed by atoms with van der Waals surface area (Å²) >= 11 is 0. The molecule has 0 aromatic heterocycles. The van der Waals surface area contributed by atoms with E-state index in [0.717, 1.165) is 5.69 Å². The maximum atomic E-state index is 5.77. The molecule has 0 radical (unpaired) electrons. The zero-order valence-corrected chi connectivity index (χ0v) is 11.2. The molecule has 1 aromatic rings. The van der Waals surface area contributed by atoms with Crippen molar-refractivity contribution >= 4 is 11.4 Å². The van der Waals surface area contributed by atoms with Crippen molar-refractivity contribution < 1.29 is 0 Å². The first kappa shape index (κ1) is 12.3. The van der Waals surface area contributed by atoms with Gasteiger partial charge in [-0.2, -0.15) is 0 Å². The average Bonchev–Trinajstić information content (AvgIpc) is 2.25. The van der Waals surface area contributed by atoms with Gasteiger partial charge in [0.15, 0.2) is 0 Å². The van der Waals surface area contributed by atoms with E-state index in [2.05, 4.69) is 32.2 Å². The van der Waals surface area contributed by atoms with Gasteiger partial charge >= 0.3 is 0 Å². The Bertz CT molecular complexity index is 386. The van der Waals surface area contributed by atoms with Crippen molar-refractivity contribution in [2.45, 2.75) is 52.5 Å². The van der Waals surface area contributed by atoms with Gasteiger partial charge in [0.2, 0.25) is 0 Å². The fraction of sp³-hybridized carbons (Fsp3) is 0.600. The first-order chi connectivity index (χ1) is 7.96. The molecule has 3 N–H and O–H groups in total. The largest absolute Gasteiger partial charge is 0.399 e. The molecule has 2 heteroatoms. The van der Waals surface area contributed by atoms with Gasteiger partial charge in [-0.25, -0.2) is 0 Å². The molecule has 0 aliphatic heterocycles. The van der Waals surface area contributed by atoms with Crippen LogP contribution in [0.3, 0.4) is 0 Å². The summed E-state index contributed by atoms with van der Waals surface area (Å²) in [6.07, 6.45) is 5.19. The van der Waals surface area contributed by atoms with Gasteiger partial charge in [-0.15, -0.1) is 0 Å². The highest BCUT2D eigenvalue weighted by Crippen LogP contribution is 2.36. The molecule has 1 fully saturated rings. The molecule has 0 atom stereocenters. The lowest BCUT2D eigenvalue weighted by molar-refractivity contribution is 0.232. The Kier molecular flexibility index (Phi) is 3.32. The van der Waals surface area contributed by atoms with E-state index < -0.39 is 0 Å². The van der Waals surface area contributed by atoms with E-state index in [9.17, 15) is 0 Å². The fourth-order valence-corrected chi connectivity index (χ4v) is 2.61. The van der Waals surface area contributed by atoms with Crippen LogP contribution in [-0.2, 0) is 0 Å². The van der Waals surface area contributed by atoms with Crippen LogP contribution in [0.25, 0.3) is 0 Å². The minimum absolute atomic E-state index is 0.536. The molecule has 0 bridgehead atoms. The molecule has 2 nitrogen and oxygen atoms in total. The summed E-state index contributed by atoms with van der Waals surface area (Å²) in [5, 5.41) is 3.66. The van der Waals surface area contributed by atoms with Crippen molar-refractivity contribution in [2.24, 2.45) is 5.41 Å². The fourth-order valence-electron chi connectivity index (χ4n) is 2.61. The van der Waals surface area contributed by atoms with Crippen LogP contribution in [0.2, 0.25) is 0 Å². The first-order valence-corrected chi connectivity index (χ1v) is 6.59. The molecule has 0 spiro atoms. The second-order valence-electron chi connectivity index (χ2n) is 6.16. The van der Waals surface area contributed by atoms with Crippen molar-refractivity contribution in [1.82, 2.24) is 0 Å². The Balaban J connectivity index is 1.98. The monoisotopic (exact) mass is 232 g/mol. The minimum atomic E-state index is 0.536. The van der Waals surface area contributed by atoms with Gasteiger partial charge in [-0.05, 0) is 61.8 Å². The van der Waals surface area contributed by atoms with Crippen molar-refractivity contribution in [3.05, 3.63) is 23.8 Å². The lowest BCUT2D eigenvalue weighted by Gasteiger charge is -2.35. The van der Waals surface area contributed by atoms with E-state index in [0.29, 0.717) is 11.5 Å². The summed E-state index contributed by atoms with van der Waals surface area (Å²) in [6, 6.07) is 6.74. The van der Waals surface area contributed by atoms with Gasteiger partial charge in [-0.3, -0.25) is 0 Å². The highest BCUT2D eigenvalue weighted by molar-refractivity contribution is 5.57. The number of nitrogens with one attached hydrogen (secondary N) is 1. The summed E-state index contributed by atoms with van der Waals surface area (Å²) in [5.74, 6) is 0. The number of nitrogens with two attached hydrogens (primary N) is 1. The summed E-state index contributed by atoms with van der Waals surface area (Å²) in [6.45, 7) is 6.86. The molecule has 2 rings (SSSR count). The lowest BCUT2D eigenvalue weighted by Crippen LogP contribution is -2.30. The van der Waals surface area contributed by atoms with Gasteiger partial charge in [0.25, 0.3) is 0 Å². The maximum Gasteiger partial charge on any atom is 0.0373 e. The molecule has 1 aliphatic rings. The standard InChI is InChI=1S/C15H24N2/c1-11-10-12(16)4-5-14(11)17-13-6-8-15(2,3)9-7-13/h4-5,10,13,17H,6-9,16H2,1-3H3. The van der Waals surface area contributed by atoms with Crippen LogP contribution in [0.4, 0.5) is 11.4 Å². The molecule has 0 heterocycles. The molecule has 94 valence electrons. The van der Waals surface area contributed by atoms with Crippen molar-refractivity contribution in [3.8, 4) is 0 Å². The van der Waals surface area contributed by atoms with Crippen LogP contribution < -0.4 is 11.1 Å². The molecular formula is C15H24N2. The molecule has 17 heavy (non-hydrogen) atoms. The van der Waals surface area contributed by atoms with Crippen molar-refractivity contribution in [2.75, 3.05) is 11.1 Å². The Labute approximate surface area is 105 Å². The van der Waals surface area contributed by atoms with Gasteiger partial charge in [0, 0.05) is 17.4 Å². The molecule has 0 amide bonds. The summed E-state index contributed by atoms with van der Waals surface area (Å²) in [5.41, 5.74) is 9.63. The number of hydrogen-bond acceptors (Lipinski definition) is 2. The number of hydrogen-bond donors (Lipinski definition) is 2. The quantitative estimate of drug-likeness (QED) is 0.757. The average molecular weight is 232 g/mol. The third-order valence-electron chi connectivity index (χ3n) is 3.95. The van der Waals surface area contributed by atoms with E-state index >= 15 is 0 Å². The van der Waals surface area contributed by atoms with E-state index in [1.165, 1.54) is 36.9 Å². The Morgan fingerprint density at radius 1 is 1.24 bits per heavy atom. The zero-order valence-electron chi connectivity index (χ0n) is 11.2. The summed E-state index contributed by atoms with van der Waals surface area (Å²) in [4.78, 5) is 0. The number of rotatable bonds is 2. The third-order valence-corrected chi connectivity index (χ3v) is 3.95. The highest BCUT2D eigenvalue weighted by Gasteiger charge is 2.26. The number of anilines is 2. The molecule has 1 aromatic carbocycles. The molecule has 1 saturated carbocycles. The van der Waals surface area contributed by atoms with Gasteiger partial charge in [0.05, 0.1) is 0 Å². The Morgan fingerprint density at radius 3 is 2.47 bits per heavy atom. The van der Waals surface area contributed by atoms with Gasteiger partial charge in [0.1, 0.15) is 0 Å². The minimum Gasteiger partial charge on any atom is -0.399 e. The zero-order chi connectivity index (χ0) is 12.5. The summed E-state index contributed by atoms with van der Waals surface area (Å²) < 4.78 is 0. The molecule has 1 aliphatic carbocycles. The van der Waals surface area contributed by atoms with Crippen molar-refractivity contribution in [3.63, 3.8) is 0 Å². The normalized spacial score (nSPS) is 20.2. The Morgan fingerprint density at radius 2 is 1.88 bits per heavy atom. The number of nitrogen functional groups attached to an aromatic ring is 1. The Hall–Kier alpha value is -1.18. The van der Waals surface area contributed by atoms with Crippen LogP contribution in [0, 0.1) is 12.3 Å². The smallest absolute Gasteiger partial charge is 0.0373 e. The van der Waals surface area contributed by atoms with E-state index in [1.807, 2.05) is 12.1 Å². The predicted octanol–water partition coefficient (Wildman–Crippen LogP) is 3.96. The van der Waals surface area contributed by atoms with Crippen molar-refractivity contribution in [1.29, 1.82) is 0 Å². The van der Waals surface area contributed by atoms with Gasteiger partial charge in [-0.1, -0.05) is 13.8 Å². The van der Waals surface area contributed by atoms with E-state index in [-0.39, 0.29) is 0 Å². The topological polar surface area (TPSA) is 38.0 Å².